The maximum absolute atomic E-state index is 8.92. The van der Waals surface area contributed by atoms with E-state index < -0.39 is 0 Å². The monoisotopic (exact) mass is 315 g/mol. The molecule has 118 valence electrons. The van der Waals surface area contributed by atoms with Crippen LogP contribution < -0.4 is 10.6 Å². The number of benzene rings is 1. The van der Waals surface area contributed by atoms with E-state index in [0.29, 0.717) is 30.3 Å². The van der Waals surface area contributed by atoms with Gasteiger partial charge in [-0.25, -0.2) is 0 Å². The third-order valence-corrected chi connectivity index (χ3v) is 3.26. The molecule has 0 saturated carbocycles. The summed E-state index contributed by atoms with van der Waals surface area (Å²) in [5.41, 5.74) is 7.19. The molecular formula is C14H22ClN3O3. The maximum atomic E-state index is 8.92. The average molecular weight is 316 g/mol. The van der Waals surface area contributed by atoms with Crippen LogP contribution >= 0.6 is 11.6 Å². The smallest absolute Gasteiger partial charge is 0.172 e. The van der Waals surface area contributed by atoms with Crippen molar-refractivity contribution in [2.45, 2.75) is 6.42 Å². The normalized spacial score (nSPS) is 11.7. The fourth-order valence-electron chi connectivity index (χ4n) is 1.99. The van der Waals surface area contributed by atoms with Gasteiger partial charge in [-0.1, -0.05) is 16.8 Å². The van der Waals surface area contributed by atoms with Crippen LogP contribution in [0, 0.1) is 0 Å². The van der Waals surface area contributed by atoms with Gasteiger partial charge >= 0.3 is 0 Å². The number of anilines is 1. The number of oxime groups is 1. The largest absolute Gasteiger partial charge is 0.409 e. The van der Waals surface area contributed by atoms with E-state index in [1.165, 1.54) is 0 Å². The fourth-order valence-corrected chi connectivity index (χ4v) is 2.16. The lowest BCUT2D eigenvalue weighted by Gasteiger charge is -2.27. The molecule has 0 aliphatic heterocycles. The third-order valence-electron chi connectivity index (χ3n) is 3.03. The summed E-state index contributed by atoms with van der Waals surface area (Å²) in [6.45, 7) is 2.65. The first-order valence-corrected chi connectivity index (χ1v) is 7.02. The van der Waals surface area contributed by atoms with Gasteiger partial charge in [-0.05, 0) is 24.6 Å². The van der Waals surface area contributed by atoms with Crippen LogP contribution in [0.2, 0.25) is 5.02 Å². The molecule has 0 heterocycles. The van der Waals surface area contributed by atoms with Crippen molar-refractivity contribution in [3.8, 4) is 0 Å². The van der Waals surface area contributed by atoms with Gasteiger partial charge in [0, 0.05) is 50.2 Å². The Morgan fingerprint density at radius 2 is 2.00 bits per heavy atom. The van der Waals surface area contributed by atoms with Crippen LogP contribution in [0.3, 0.4) is 0 Å². The molecule has 21 heavy (non-hydrogen) atoms. The summed E-state index contributed by atoms with van der Waals surface area (Å²) in [5, 5.41) is 12.6. The minimum atomic E-state index is 0.0517. The summed E-state index contributed by atoms with van der Waals surface area (Å²) in [4.78, 5) is 2.09. The molecule has 0 atom stereocenters. The number of rotatable bonds is 9. The highest BCUT2D eigenvalue weighted by atomic mass is 35.5. The number of nitrogens with two attached hydrogens (primary N) is 1. The Bertz CT molecular complexity index is 469. The number of ether oxygens (including phenoxy) is 2. The molecule has 3 N–H and O–H groups in total. The van der Waals surface area contributed by atoms with Gasteiger partial charge in [0.1, 0.15) is 0 Å². The summed E-state index contributed by atoms with van der Waals surface area (Å²) in [6, 6.07) is 5.25. The number of hydrogen-bond donors (Lipinski definition) is 2. The number of amidine groups is 1. The average Bonchev–Trinajstić information content (AvgIpc) is 2.50. The van der Waals surface area contributed by atoms with Crippen molar-refractivity contribution in [3.05, 3.63) is 28.8 Å². The van der Waals surface area contributed by atoms with Gasteiger partial charge in [-0.2, -0.15) is 0 Å². The van der Waals surface area contributed by atoms with Crippen molar-refractivity contribution in [3.63, 3.8) is 0 Å². The van der Waals surface area contributed by atoms with E-state index >= 15 is 0 Å². The zero-order chi connectivity index (χ0) is 15.7. The summed E-state index contributed by atoms with van der Waals surface area (Å²) in [6.07, 6.45) is 0.850. The van der Waals surface area contributed by atoms with E-state index in [9.17, 15) is 0 Å². The van der Waals surface area contributed by atoms with Crippen LogP contribution in [0.25, 0.3) is 0 Å². The van der Waals surface area contributed by atoms with Crippen LogP contribution in [-0.2, 0) is 9.47 Å². The second-order valence-electron chi connectivity index (χ2n) is 4.47. The summed E-state index contributed by atoms with van der Waals surface area (Å²) in [5.74, 6) is 0.0517. The SMILES string of the molecule is COCCCN(CCOC)c1cc(Cl)ccc1C(N)=NO. The minimum absolute atomic E-state index is 0.0517. The molecule has 1 rings (SSSR count). The Morgan fingerprint density at radius 3 is 2.62 bits per heavy atom. The topological polar surface area (TPSA) is 80.3 Å². The van der Waals surface area contributed by atoms with Gasteiger partial charge < -0.3 is 25.3 Å². The molecule has 0 saturated heterocycles. The van der Waals surface area contributed by atoms with Crippen molar-refractivity contribution in [1.29, 1.82) is 0 Å². The Labute approximate surface area is 130 Å². The highest BCUT2D eigenvalue weighted by Crippen LogP contribution is 2.25. The van der Waals surface area contributed by atoms with Gasteiger partial charge in [0.05, 0.1) is 6.61 Å². The molecule has 0 aromatic heterocycles. The lowest BCUT2D eigenvalue weighted by molar-refractivity contribution is 0.191. The van der Waals surface area contributed by atoms with E-state index in [1.807, 2.05) is 0 Å². The zero-order valence-electron chi connectivity index (χ0n) is 12.4. The quantitative estimate of drug-likeness (QED) is 0.239. The lowest BCUT2D eigenvalue weighted by atomic mass is 10.1. The molecule has 6 nitrogen and oxygen atoms in total. The molecule has 0 bridgehead atoms. The molecule has 0 unspecified atom stereocenters. The van der Waals surface area contributed by atoms with Crippen molar-refractivity contribution < 1.29 is 14.7 Å². The maximum Gasteiger partial charge on any atom is 0.172 e. The van der Waals surface area contributed by atoms with Crippen LogP contribution in [0.1, 0.15) is 12.0 Å². The van der Waals surface area contributed by atoms with Crippen molar-refractivity contribution in [1.82, 2.24) is 0 Å². The second kappa shape index (κ2) is 9.44. The molecule has 1 aromatic rings. The molecule has 0 aliphatic rings. The molecule has 0 aliphatic carbocycles. The molecule has 0 spiro atoms. The molecule has 0 radical (unpaired) electrons. The van der Waals surface area contributed by atoms with Gasteiger partial charge in [0.15, 0.2) is 5.84 Å². The van der Waals surface area contributed by atoms with Crippen LogP contribution in [0.15, 0.2) is 23.4 Å². The Kier molecular flexibility index (Phi) is 7.89. The molecule has 0 fully saturated rings. The van der Waals surface area contributed by atoms with Crippen molar-refractivity contribution >= 4 is 23.1 Å². The summed E-state index contributed by atoms with van der Waals surface area (Å²) < 4.78 is 10.2. The zero-order valence-corrected chi connectivity index (χ0v) is 13.1. The van der Waals surface area contributed by atoms with Gasteiger partial charge in [0.25, 0.3) is 0 Å². The standard InChI is InChI=1S/C14H22ClN3O3/c1-20-8-3-6-18(7-9-21-2)13-10-11(15)4-5-12(13)14(16)17-19/h4-5,10,19H,3,6-9H2,1-2H3,(H2,16,17). The summed E-state index contributed by atoms with van der Waals surface area (Å²) >= 11 is 6.08. The van der Waals surface area contributed by atoms with Gasteiger partial charge in [-0.15, -0.1) is 0 Å². The second-order valence-corrected chi connectivity index (χ2v) is 4.91. The van der Waals surface area contributed by atoms with Crippen molar-refractivity contribution in [2.75, 3.05) is 45.4 Å². The van der Waals surface area contributed by atoms with Gasteiger partial charge in [-0.3, -0.25) is 0 Å². The van der Waals surface area contributed by atoms with E-state index in [1.54, 1.807) is 32.4 Å². The molecule has 0 amide bonds. The fraction of sp³-hybridized carbons (Fsp3) is 0.500. The first kappa shape index (κ1) is 17.6. The van der Waals surface area contributed by atoms with Gasteiger partial charge in [0.2, 0.25) is 0 Å². The highest BCUT2D eigenvalue weighted by Gasteiger charge is 2.14. The number of nitrogens with zero attached hydrogens (tertiary/aromatic N) is 2. The Balaban J connectivity index is 3.05. The van der Waals surface area contributed by atoms with Crippen molar-refractivity contribution in [2.24, 2.45) is 10.9 Å². The van der Waals surface area contributed by atoms with E-state index in [4.69, 9.17) is 32.0 Å². The first-order valence-electron chi connectivity index (χ1n) is 6.64. The third kappa shape index (κ3) is 5.41. The first-order chi connectivity index (χ1) is 10.1. The highest BCUT2D eigenvalue weighted by molar-refractivity contribution is 6.31. The van der Waals surface area contributed by atoms with Crippen LogP contribution in [0.5, 0.6) is 0 Å². The molecule has 7 heteroatoms. The van der Waals surface area contributed by atoms with Crippen LogP contribution in [0.4, 0.5) is 5.69 Å². The number of methoxy groups -OCH3 is 2. The van der Waals surface area contributed by atoms with E-state index in [-0.39, 0.29) is 5.84 Å². The molecular weight excluding hydrogens is 294 g/mol. The van der Waals surface area contributed by atoms with Crippen LogP contribution in [-0.4, -0.2) is 51.6 Å². The predicted octanol–water partition coefficient (Wildman–Crippen LogP) is 1.92. The van der Waals surface area contributed by atoms with E-state index in [2.05, 4.69) is 10.1 Å². The molecule has 1 aromatic carbocycles. The Morgan fingerprint density at radius 1 is 1.29 bits per heavy atom. The Hall–Kier alpha value is -1.50. The summed E-state index contributed by atoms with van der Waals surface area (Å²) in [7, 11) is 3.32. The predicted molar refractivity (Wildman–Crippen MR) is 84.5 cm³/mol. The number of halogens is 1. The minimum Gasteiger partial charge on any atom is -0.409 e. The van der Waals surface area contributed by atoms with E-state index in [0.717, 1.165) is 18.7 Å². The number of hydrogen-bond acceptors (Lipinski definition) is 5. The lowest BCUT2D eigenvalue weighted by Crippen LogP contribution is -2.31.